The molecule has 0 aliphatic carbocycles. The Morgan fingerprint density at radius 2 is 1.19 bits per heavy atom. The number of methoxy groups -OCH3 is 2. The minimum Gasteiger partial charge on any atom is -0.516 e. The van der Waals surface area contributed by atoms with Gasteiger partial charge in [-0.2, -0.15) is 0 Å². The highest BCUT2D eigenvalue weighted by molar-refractivity contribution is 5.69. The van der Waals surface area contributed by atoms with Crippen molar-refractivity contribution < 1.29 is 49.6 Å². The maximum Gasteiger partial charge on any atom is 0.308 e. The average molecular weight is 749 g/mol. The van der Waals surface area contributed by atoms with Crippen LogP contribution in [0.5, 0.6) is 0 Å². The van der Waals surface area contributed by atoms with Gasteiger partial charge in [0.25, 0.3) is 0 Å². The van der Waals surface area contributed by atoms with E-state index in [9.17, 15) is 30.3 Å². The molecule has 6 N–H and O–H groups in total. The second-order valence-corrected chi connectivity index (χ2v) is 13.2. The molecule has 10 heteroatoms. The first kappa shape index (κ1) is 52.0. The van der Waals surface area contributed by atoms with E-state index in [0.717, 1.165) is 25.5 Å². The van der Waals surface area contributed by atoms with E-state index in [2.05, 4.69) is 18.2 Å². The number of ether oxygens (including phenoxy) is 3. The molecule has 1 rings (SSSR count). The van der Waals surface area contributed by atoms with Gasteiger partial charge in [-0.3, -0.25) is 4.79 Å². The highest BCUT2D eigenvalue weighted by Crippen LogP contribution is 2.24. The lowest BCUT2D eigenvalue weighted by Crippen LogP contribution is -2.28. The molecule has 0 amide bonds. The fourth-order valence-electron chi connectivity index (χ4n) is 5.10. The molecule has 0 bridgehead atoms. The molecule has 53 heavy (non-hydrogen) atoms. The minimum absolute atomic E-state index is 0.00165. The lowest BCUT2D eigenvalue weighted by atomic mass is 9.93. The zero-order valence-corrected chi connectivity index (χ0v) is 32.9. The van der Waals surface area contributed by atoms with E-state index < -0.39 is 30.1 Å². The first-order chi connectivity index (χ1) is 25.4. The second kappa shape index (κ2) is 37.2. The third kappa shape index (κ3) is 38.4. The number of carbonyl (C=O) groups is 1. The van der Waals surface area contributed by atoms with Crippen molar-refractivity contribution in [3.8, 4) is 0 Å². The number of hydrogen-bond acceptors (Lipinski definition) is 10. The van der Waals surface area contributed by atoms with E-state index in [4.69, 9.17) is 14.6 Å². The van der Waals surface area contributed by atoms with Crippen LogP contribution < -0.4 is 0 Å². The number of allylic oxidation sites excluding steroid dienone is 12. The van der Waals surface area contributed by atoms with Gasteiger partial charge in [0.1, 0.15) is 0 Å². The zero-order valence-electron chi connectivity index (χ0n) is 32.9. The zero-order chi connectivity index (χ0) is 40.0. The Hall–Kier alpha value is -3.09. The summed E-state index contributed by atoms with van der Waals surface area (Å²) < 4.78 is 15.0. The Labute approximate surface area is 320 Å². The number of hydrogen-bond donors (Lipinski definition) is 6. The van der Waals surface area contributed by atoms with Gasteiger partial charge in [0, 0.05) is 40.6 Å². The molecule has 0 aromatic heterocycles. The van der Waals surface area contributed by atoms with Crippen LogP contribution in [-0.4, -0.2) is 94.7 Å². The summed E-state index contributed by atoms with van der Waals surface area (Å²) in [7, 11) is 4.95. The van der Waals surface area contributed by atoms with Gasteiger partial charge >= 0.3 is 5.97 Å². The Kier molecular flexibility index (Phi) is 36.5. The van der Waals surface area contributed by atoms with Crippen LogP contribution in [-0.2, 0) is 19.0 Å². The van der Waals surface area contributed by atoms with Crippen molar-refractivity contribution in [1.82, 2.24) is 0 Å². The van der Waals surface area contributed by atoms with Gasteiger partial charge in [0.05, 0.1) is 43.7 Å². The van der Waals surface area contributed by atoms with Crippen molar-refractivity contribution in [2.75, 3.05) is 27.9 Å². The molecule has 0 saturated heterocycles. The van der Waals surface area contributed by atoms with Crippen molar-refractivity contribution in [2.24, 2.45) is 5.92 Å². The third-order valence-electron chi connectivity index (χ3n) is 8.18. The minimum atomic E-state index is -1.71. The molecule has 1 heterocycles. The number of esters is 1. The first-order valence-electron chi connectivity index (χ1n) is 18.9. The number of carbonyl (C=O) groups excluding carboxylic acids is 1. The van der Waals surface area contributed by atoms with Gasteiger partial charge in [-0.25, -0.2) is 0 Å². The molecular formula is C43H72O10. The lowest BCUT2D eigenvalue weighted by molar-refractivity contribution is -0.173. The molecule has 5 atom stereocenters. The Balaban J connectivity index is 0. The highest BCUT2D eigenvalue weighted by atomic mass is 16.5. The summed E-state index contributed by atoms with van der Waals surface area (Å²) in [5.41, 5.74) is 0. The molecular weight excluding hydrogens is 676 g/mol. The summed E-state index contributed by atoms with van der Waals surface area (Å²) in [5.74, 6) is -1.86. The maximum atomic E-state index is 12.0. The smallest absolute Gasteiger partial charge is 0.308 e. The van der Waals surface area contributed by atoms with Crippen LogP contribution in [0.2, 0.25) is 0 Å². The van der Waals surface area contributed by atoms with Crippen LogP contribution in [0.1, 0.15) is 103 Å². The summed E-state index contributed by atoms with van der Waals surface area (Å²) in [6.07, 6.45) is 34.0. The molecule has 5 unspecified atom stereocenters. The third-order valence-corrected chi connectivity index (χ3v) is 8.18. The van der Waals surface area contributed by atoms with Crippen LogP contribution >= 0.6 is 0 Å². The quantitative estimate of drug-likeness (QED) is 0.0891. The Bertz CT molecular complexity index is 1070. The molecule has 304 valence electrons. The van der Waals surface area contributed by atoms with E-state index in [1.807, 2.05) is 85.1 Å². The van der Waals surface area contributed by atoms with Gasteiger partial charge in [-0.15, -0.1) is 0 Å². The molecule has 1 aliphatic heterocycles. The summed E-state index contributed by atoms with van der Waals surface area (Å²) in [6.45, 7) is 5.14. The van der Waals surface area contributed by atoms with E-state index in [-0.39, 0.29) is 25.6 Å². The summed E-state index contributed by atoms with van der Waals surface area (Å²) in [6, 6.07) is 0. The van der Waals surface area contributed by atoms with E-state index in [1.54, 1.807) is 21.3 Å². The van der Waals surface area contributed by atoms with Crippen molar-refractivity contribution in [3.05, 3.63) is 97.9 Å². The average Bonchev–Trinajstić information content (AvgIpc) is 3.11. The number of aliphatic hydroxyl groups excluding tert-OH is 4. The normalized spacial score (nSPS) is 29.9. The molecule has 0 aromatic carbocycles. The van der Waals surface area contributed by atoms with E-state index in [1.165, 1.54) is 0 Å². The monoisotopic (exact) mass is 749 g/mol. The van der Waals surface area contributed by atoms with Gasteiger partial charge in [-0.1, -0.05) is 118 Å². The Morgan fingerprint density at radius 3 is 1.74 bits per heavy atom. The van der Waals surface area contributed by atoms with Gasteiger partial charge < -0.3 is 44.8 Å². The molecule has 0 spiro atoms. The SMILES string of the molecule is C=CO.COC.COC1/C=C/C=C/C=C/C=C/C=C/C=C/C=C/CC(O)CCOC(=O)CC(O)CCCCC(O)CCCCC(O)(O)CCC(C)CC1. The predicted molar refractivity (Wildman–Crippen MR) is 215 cm³/mol. The van der Waals surface area contributed by atoms with Crippen molar-refractivity contribution in [2.45, 2.75) is 133 Å². The summed E-state index contributed by atoms with van der Waals surface area (Å²) in [5, 5.41) is 58.8. The molecule has 0 aromatic rings. The number of cyclic esters (lactones) is 1. The van der Waals surface area contributed by atoms with Crippen LogP contribution in [0, 0.1) is 5.92 Å². The predicted octanol–water partition coefficient (Wildman–Crippen LogP) is 7.65. The van der Waals surface area contributed by atoms with Crippen molar-refractivity contribution in [3.63, 3.8) is 0 Å². The number of aliphatic hydroxyl groups is 6. The number of rotatable bonds is 1. The lowest BCUT2D eigenvalue weighted by Gasteiger charge is -2.24. The molecule has 0 saturated carbocycles. The standard InChI is InChI=1S/C39H62O8.C2H6O.C2H4O/c1-33-25-26-37(46-2)24-15-13-11-9-7-5-3-4-6-8-10-12-14-20-35(41)28-31-47-38(43)32-36(42)23-17-16-21-34(40)22-18-19-29-39(44,45)30-27-33;1-3-2;1-2-3/h3-15,24,33-37,40-42,44-45H,16-23,25-32H2,1-2H3;1-2H3;2-3H,1H2/b5-3+,6-4+,9-7+,10-8+,13-11+,14-12+,24-15+;;. The van der Waals surface area contributed by atoms with Crippen molar-refractivity contribution in [1.29, 1.82) is 0 Å². The van der Waals surface area contributed by atoms with Crippen molar-refractivity contribution >= 4 is 5.97 Å². The largest absolute Gasteiger partial charge is 0.516 e. The van der Waals surface area contributed by atoms with Crippen LogP contribution in [0.25, 0.3) is 0 Å². The second-order valence-electron chi connectivity index (χ2n) is 13.2. The van der Waals surface area contributed by atoms with Crippen LogP contribution in [0.15, 0.2) is 97.9 Å². The van der Waals surface area contributed by atoms with Gasteiger partial charge in [0.2, 0.25) is 0 Å². The van der Waals surface area contributed by atoms with E-state index >= 15 is 0 Å². The molecule has 0 fully saturated rings. The molecule has 10 nitrogen and oxygen atoms in total. The van der Waals surface area contributed by atoms with Gasteiger partial charge in [-0.05, 0) is 57.3 Å². The molecule has 0 radical (unpaired) electrons. The fourth-order valence-corrected chi connectivity index (χ4v) is 5.10. The van der Waals surface area contributed by atoms with E-state index in [0.29, 0.717) is 70.1 Å². The summed E-state index contributed by atoms with van der Waals surface area (Å²) >= 11 is 0. The highest BCUT2D eigenvalue weighted by Gasteiger charge is 2.23. The summed E-state index contributed by atoms with van der Waals surface area (Å²) in [4.78, 5) is 12.0. The fraction of sp³-hybridized carbons (Fsp3) is 0.605. The van der Waals surface area contributed by atoms with Crippen LogP contribution in [0.4, 0.5) is 0 Å². The Morgan fingerprint density at radius 1 is 0.698 bits per heavy atom. The topological polar surface area (TPSA) is 166 Å². The maximum absolute atomic E-state index is 12.0. The molecule has 1 aliphatic rings. The van der Waals surface area contributed by atoms with Crippen LogP contribution in [0.3, 0.4) is 0 Å². The first-order valence-corrected chi connectivity index (χ1v) is 18.9. The van der Waals surface area contributed by atoms with Gasteiger partial charge in [0.15, 0.2) is 5.79 Å².